The molecule has 1 aromatic rings. The van der Waals surface area contributed by atoms with Crippen LogP contribution in [0.2, 0.25) is 0 Å². The Bertz CT molecular complexity index is 399. The maximum absolute atomic E-state index is 5.80. The van der Waals surface area contributed by atoms with Gasteiger partial charge in [0.05, 0.1) is 0 Å². The normalized spacial score (nSPS) is 26.3. The van der Waals surface area contributed by atoms with E-state index in [-0.39, 0.29) is 0 Å². The minimum absolute atomic E-state index is 0.468. The lowest BCUT2D eigenvalue weighted by Crippen LogP contribution is -2.29. The van der Waals surface area contributed by atoms with Gasteiger partial charge >= 0.3 is 0 Å². The Balaban J connectivity index is 2.22. The van der Waals surface area contributed by atoms with Gasteiger partial charge in [0.15, 0.2) is 0 Å². The first-order chi connectivity index (χ1) is 8.54. The molecule has 1 atom stereocenters. The van der Waals surface area contributed by atoms with Crippen LogP contribution in [0.1, 0.15) is 61.3 Å². The van der Waals surface area contributed by atoms with Crippen molar-refractivity contribution in [2.45, 2.75) is 59.4 Å². The lowest BCUT2D eigenvalue weighted by molar-refractivity contribution is 0.236. The van der Waals surface area contributed by atoms with Gasteiger partial charge in [0, 0.05) is 11.6 Å². The van der Waals surface area contributed by atoms with Crippen LogP contribution in [0.3, 0.4) is 0 Å². The minimum Gasteiger partial charge on any atom is -0.466 e. The fourth-order valence-electron chi connectivity index (χ4n) is 3.50. The smallest absolute Gasteiger partial charge is 0.106 e. The van der Waals surface area contributed by atoms with E-state index in [2.05, 4.69) is 40.1 Å². The summed E-state index contributed by atoms with van der Waals surface area (Å²) in [5, 5.41) is 3.54. The van der Waals surface area contributed by atoms with E-state index in [1.807, 2.05) is 0 Å². The Morgan fingerprint density at radius 2 is 1.67 bits per heavy atom. The molecule has 0 aliphatic heterocycles. The summed E-state index contributed by atoms with van der Waals surface area (Å²) in [6.07, 6.45) is 5.43. The molecule has 2 nitrogen and oxygen atoms in total. The van der Waals surface area contributed by atoms with Crippen molar-refractivity contribution in [3.8, 4) is 0 Å². The van der Waals surface area contributed by atoms with Gasteiger partial charge in [-0.1, -0.05) is 19.8 Å². The predicted molar refractivity (Wildman–Crippen MR) is 75.8 cm³/mol. The van der Waals surface area contributed by atoms with Crippen molar-refractivity contribution in [3.05, 3.63) is 22.6 Å². The monoisotopic (exact) mass is 249 g/mol. The second-order valence-electron chi connectivity index (χ2n) is 6.04. The number of rotatable bonds is 3. The van der Waals surface area contributed by atoms with Crippen LogP contribution in [0, 0.1) is 32.6 Å². The molecule has 2 heteroatoms. The second kappa shape index (κ2) is 5.48. The summed E-state index contributed by atoms with van der Waals surface area (Å²) >= 11 is 0. The summed E-state index contributed by atoms with van der Waals surface area (Å²) in [6.45, 7) is 8.74. The van der Waals surface area contributed by atoms with E-state index >= 15 is 0 Å². The topological polar surface area (TPSA) is 25.2 Å². The highest BCUT2D eigenvalue weighted by Crippen LogP contribution is 2.39. The Kier molecular flexibility index (Phi) is 4.16. The molecule has 2 rings (SSSR count). The zero-order valence-electron chi connectivity index (χ0n) is 12.5. The zero-order chi connectivity index (χ0) is 13.3. The summed E-state index contributed by atoms with van der Waals surface area (Å²) in [6, 6.07) is 0.468. The van der Waals surface area contributed by atoms with E-state index < -0.39 is 0 Å². The van der Waals surface area contributed by atoms with E-state index in [1.165, 1.54) is 36.8 Å². The fourth-order valence-corrected chi connectivity index (χ4v) is 3.50. The quantitative estimate of drug-likeness (QED) is 0.864. The van der Waals surface area contributed by atoms with Crippen molar-refractivity contribution in [2.24, 2.45) is 11.8 Å². The molecule has 1 aliphatic carbocycles. The van der Waals surface area contributed by atoms with E-state index in [0.29, 0.717) is 6.04 Å². The van der Waals surface area contributed by atoms with Gasteiger partial charge in [0.25, 0.3) is 0 Å². The summed E-state index contributed by atoms with van der Waals surface area (Å²) in [5.74, 6) is 3.85. The lowest BCUT2D eigenvalue weighted by atomic mass is 9.77. The van der Waals surface area contributed by atoms with E-state index in [1.54, 1.807) is 0 Å². The molecule has 1 unspecified atom stereocenters. The maximum atomic E-state index is 5.80. The molecular formula is C16H27NO. The maximum Gasteiger partial charge on any atom is 0.106 e. The molecule has 0 amide bonds. The Hall–Kier alpha value is -0.760. The summed E-state index contributed by atoms with van der Waals surface area (Å²) in [5.41, 5.74) is 2.75. The molecule has 0 bridgehead atoms. The van der Waals surface area contributed by atoms with Gasteiger partial charge < -0.3 is 9.73 Å². The van der Waals surface area contributed by atoms with E-state index in [0.717, 1.165) is 23.4 Å². The van der Waals surface area contributed by atoms with Gasteiger partial charge in [0.1, 0.15) is 11.5 Å². The average molecular weight is 249 g/mol. The summed E-state index contributed by atoms with van der Waals surface area (Å²) in [7, 11) is 2.09. The molecule has 0 saturated heterocycles. The fraction of sp³-hybridized carbons (Fsp3) is 0.750. The summed E-state index contributed by atoms with van der Waals surface area (Å²) in [4.78, 5) is 0. The third-order valence-corrected chi connectivity index (χ3v) is 4.77. The van der Waals surface area contributed by atoms with Crippen LogP contribution in [0.15, 0.2) is 4.42 Å². The first kappa shape index (κ1) is 13.7. The molecule has 1 aliphatic rings. The molecule has 0 spiro atoms. The SMILES string of the molecule is CNC(c1c(C)oc(C)c1C)C1CCC(C)CC1. The second-order valence-corrected chi connectivity index (χ2v) is 6.04. The van der Waals surface area contributed by atoms with Crippen molar-refractivity contribution in [2.75, 3.05) is 7.05 Å². The summed E-state index contributed by atoms with van der Waals surface area (Å²) < 4.78 is 5.80. The largest absolute Gasteiger partial charge is 0.466 e. The molecule has 102 valence electrons. The number of nitrogens with one attached hydrogen (secondary N) is 1. The number of furan rings is 1. The van der Waals surface area contributed by atoms with Crippen molar-refractivity contribution in [1.29, 1.82) is 0 Å². The van der Waals surface area contributed by atoms with E-state index in [4.69, 9.17) is 4.42 Å². The molecule has 1 aromatic heterocycles. The van der Waals surface area contributed by atoms with E-state index in [9.17, 15) is 0 Å². The van der Waals surface area contributed by atoms with Gasteiger partial charge in [-0.3, -0.25) is 0 Å². The standard InChI is InChI=1S/C16H27NO/c1-10-6-8-14(9-7-10)16(17-5)15-11(2)12(3)18-13(15)4/h10,14,16-17H,6-9H2,1-5H3. The number of hydrogen-bond acceptors (Lipinski definition) is 2. The van der Waals surface area contributed by atoms with Crippen LogP contribution in [0.25, 0.3) is 0 Å². The van der Waals surface area contributed by atoms with Crippen molar-refractivity contribution in [1.82, 2.24) is 5.32 Å². The Labute approximate surface area is 111 Å². The molecule has 0 radical (unpaired) electrons. The molecule has 1 fully saturated rings. The van der Waals surface area contributed by atoms with Crippen LogP contribution >= 0.6 is 0 Å². The highest BCUT2D eigenvalue weighted by Gasteiger charge is 2.29. The van der Waals surface area contributed by atoms with Crippen LogP contribution in [-0.2, 0) is 0 Å². The highest BCUT2D eigenvalue weighted by molar-refractivity contribution is 5.34. The molecule has 0 aromatic carbocycles. The lowest BCUT2D eigenvalue weighted by Gasteiger charge is -2.33. The van der Waals surface area contributed by atoms with Gasteiger partial charge in [0.2, 0.25) is 0 Å². The van der Waals surface area contributed by atoms with Crippen LogP contribution in [0.4, 0.5) is 0 Å². The van der Waals surface area contributed by atoms with Gasteiger partial charge in [-0.2, -0.15) is 0 Å². The Morgan fingerprint density at radius 3 is 2.11 bits per heavy atom. The first-order valence-electron chi connectivity index (χ1n) is 7.28. The van der Waals surface area contributed by atoms with Crippen LogP contribution < -0.4 is 5.32 Å². The predicted octanol–water partition coefficient (Wildman–Crippen LogP) is 4.29. The molecule has 18 heavy (non-hydrogen) atoms. The highest BCUT2D eigenvalue weighted by atomic mass is 16.3. The minimum atomic E-state index is 0.468. The molecule has 1 saturated carbocycles. The van der Waals surface area contributed by atoms with Gasteiger partial charge in [-0.05, 0) is 58.1 Å². The van der Waals surface area contributed by atoms with Crippen molar-refractivity contribution in [3.63, 3.8) is 0 Å². The van der Waals surface area contributed by atoms with Gasteiger partial charge in [-0.25, -0.2) is 0 Å². The molecular weight excluding hydrogens is 222 g/mol. The van der Waals surface area contributed by atoms with Crippen LogP contribution in [0.5, 0.6) is 0 Å². The third kappa shape index (κ3) is 2.49. The molecule has 1 N–H and O–H groups in total. The number of hydrogen-bond donors (Lipinski definition) is 1. The van der Waals surface area contributed by atoms with Crippen LogP contribution in [-0.4, -0.2) is 7.05 Å². The third-order valence-electron chi connectivity index (χ3n) is 4.77. The Morgan fingerprint density at radius 1 is 1.06 bits per heavy atom. The zero-order valence-corrected chi connectivity index (χ0v) is 12.5. The van der Waals surface area contributed by atoms with Crippen molar-refractivity contribution < 1.29 is 4.42 Å². The average Bonchev–Trinajstić information content (AvgIpc) is 2.59. The van der Waals surface area contributed by atoms with Crippen molar-refractivity contribution >= 4 is 0 Å². The number of aryl methyl sites for hydroxylation is 2. The van der Waals surface area contributed by atoms with Gasteiger partial charge in [-0.15, -0.1) is 0 Å². The first-order valence-corrected chi connectivity index (χ1v) is 7.28. The molecule has 1 heterocycles.